The topological polar surface area (TPSA) is 16.1 Å². The van der Waals surface area contributed by atoms with Crippen LogP contribution in [0, 0.1) is 0 Å². The molecule has 0 amide bonds. The minimum atomic E-state index is 0.475. The summed E-state index contributed by atoms with van der Waals surface area (Å²) in [5, 5.41) is 1.23. The van der Waals surface area contributed by atoms with Crippen LogP contribution >= 0.6 is 11.6 Å². The molecule has 1 unspecified atom stereocenters. The van der Waals surface area contributed by atoms with Crippen LogP contribution in [-0.4, -0.2) is 23.5 Å². The average Bonchev–Trinajstić information content (AvgIpc) is 2.86. The minimum absolute atomic E-state index is 0.475. The second kappa shape index (κ2) is 4.53. The molecule has 1 aliphatic rings. The molecule has 1 aliphatic heterocycles. The molecule has 3 heteroatoms. The molecule has 1 aromatic heterocycles. The number of alkyl halides is 1. The maximum Gasteiger partial charge on any atom is 0.0722 e. The molecule has 1 saturated heterocycles. The molecule has 0 radical (unpaired) electrons. The number of hydrogen-bond acceptors (Lipinski definition) is 2. The van der Waals surface area contributed by atoms with Crippen molar-refractivity contribution in [2.75, 3.05) is 17.3 Å². The molecule has 1 atom stereocenters. The van der Waals surface area contributed by atoms with Crippen molar-refractivity contribution in [3.63, 3.8) is 0 Å². The van der Waals surface area contributed by atoms with Crippen LogP contribution in [-0.2, 0) is 0 Å². The first kappa shape index (κ1) is 10.8. The molecule has 1 fully saturated rings. The van der Waals surface area contributed by atoms with Crippen LogP contribution in [0.3, 0.4) is 0 Å². The van der Waals surface area contributed by atoms with E-state index < -0.39 is 0 Å². The first-order chi connectivity index (χ1) is 8.40. The summed E-state index contributed by atoms with van der Waals surface area (Å²) in [4.78, 5) is 6.83. The van der Waals surface area contributed by atoms with E-state index in [1.807, 2.05) is 12.3 Å². The molecule has 2 heterocycles. The van der Waals surface area contributed by atoms with Gasteiger partial charge in [-0.2, -0.15) is 0 Å². The van der Waals surface area contributed by atoms with Gasteiger partial charge in [-0.15, -0.1) is 11.6 Å². The van der Waals surface area contributed by atoms with Crippen LogP contribution in [0.4, 0.5) is 5.69 Å². The Labute approximate surface area is 106 Å². The van der Waals surface area contributed by atoms with E-state index >= 15 is 0 Å². The van der Waals surface area contributed by atoms with E-state index in [2.05, 4.69) is 34.1 Å². The van der Waals surface area contributed by atoms with Gasteiger partial charge >= 0.3 is 0 Å². The Bertz CT molecular complexity index is 521. The van der Waals surface area contributed by atoms with Crippen molar-refractivity contribution in [3.05, 3.63) is 36.5 Å². The predicted octanol–water partition coefficient (Wildman–Crippen LogP) is 3.44. The number of benzene rings is 1. The van der Waals surface area contributed by atoms with Gasteiger partial charge < -0.3 is 4.90 Å². The van der Waals surface area contributed by atoms with E-state index in [-0.39, 0.29) is 0 Å². The van der Waals surface area contributed by atoms with Crippen molar-refractivity contribution >= 4 is 28.2 Å². The largest absolute Gasteiger partial charge is 0.367 e. The molecule has 0 saturated carbocycles. The van der Waals surface area contributed by atoms with Gasteiger partial charge in [-0.05, 0) is 25.0 Å². The Morgan fingerprint density at radius 1 is 1.29 bits per heavy atom. The van der Waals surface area contributed by atoms with Crippen LogP contribution in [0.15, 0.2) is 36.5 Å². The monoisotopic (exact) mass is 246 g/mol. The van der Waals surface area contributed by atoms with Gasteiger partial charge in [0.1, 0.15) is 0 Å². The fraction of sp³-hybridized carbons (Fsp3) is 0.357. The van der Waals surface area contributed by atoms with Crippen molar-refractivity contribution in [3.8, 4) is 0 Å². The van der Waals surface area contributed by atoms with Crippen LogP contribution in [0.2, 0.25) is 0 Å². The normalized spacial score (nSPS) is 20.1. The number of rotatable bonds is 2. The molecule has 0 N–H and O–H groups in total. The van der Waals surface area contributed by atoms with E-state index in [0.717, 1.165) is 12.1 Å². The predicted molar refractivity (Wildman–Crippen MR) is 72.8 cm³/mol. The van der Waals surface area contributed by atoms with Gasteiger partial charge in [0, 0.05) is 35.7 Å². The lowest BCUT2D eigenvalue weighted by atomic mass is 10.1. The Morgan fingerprint density at radius 3 is 3.06 bits per heavy atom. The summed E-state index contributed by atoms with van der Waals surface area (Å²) >= 11 is 6.05. The lowest BCUT2D eigenvalue weighted by Crippen LogP contribution is -2.30. The van der Waals surface area contributed by atoms with Crippen molar-refractivity contribution in [1.82, 2.24) is 4.98 Å². The summed E-state index contributed by atoms with van der Waals surface area (Å²) in [6.07, 6.45) is 4.31. The van der Waals surface area contributed by atoms with Crippen LogP contribution < -0.4 is 4.90 Å². The van der Waals surface area contributed by atoms with E-state index in [0.29, 0.717) is 11.9 Å². The second-order valence-corrected chi connectivity index (χ2v) is 4.80. The Balaban J connectivity index is 2.10. The Hall–Kier alpha value is -1.28. The number of hydrogen-bond donors (Lipinski definition) is 0. The highest BCUT2D eigenvalue weighted by molar-refractivity contribution is 6.18. The SMILES string of the molecule is ClCC1CCCN1c1ccnc2ccccc12. The Kier molecular flexibility index (Phi) is 2.89. The summed E-state index contributed by atoms with van der Waals surface area (Å²) in [6.45, 7) is 1.10. The van der Waals surface area contributed by atoms with Gasteiger partial charge in [0.25, 0.3) is 0 Å². The Morgan fingerprint density at radius 2 is 2.18 bits per heavy atom. The van der Waals surface area contributed by atoms with Crippen molar-refractivity contribution < 1.29 is 0 Å². The summed E-state index contributed by atoms with van der Waals surface area (Å²) in [6, 6.07) is 10.9. The zero-order chi connectivity index (χ0) is 11.7. The molecular weight excluding hydrogens is 232 g/mol. The lowest BCUT2D eigenvalue weighted by molar-refractivity contribution is 0.743. The fourth-order valence-corrected chi connectivity index (χ4v) is 2.97. The van der Waals surface area contributed by atoms with Gasteiger partial charge in [-0.25, -0.2) is 0 Å². The molecule has 2 nitrogen and oxygen atoms in total. The smallest absolute Gasteiger partial charge is 0.0722 e. The lowest BCUT2D eigenvalue weighted by Gasteiger charge is -2.26. The minimum Gasteiger partial charge on any atom is -0.367 e. The molecule has 0 bridgehead atoms. The third-order valence-electron chi connectivity index (χ3n) is 3.49. The van der Waals surface area contributed by atoms with Gasteiger partial charge in [-0.1, -0.05) is 18.2 Å². The van der Waals surface area contributed by atoms with Gasteiger partial charge in [0.2, 0.25) is 0 Å². The number of fused-ring (bicyclic) bond motifs is 1. The zero-order valence-corrected chi connectivity index (χ0v) is 10.4. The van der Waals surface area contributed by atoms with Crippen LogP contribution in [0.1, 0.15) is 12.8 Å². The highest BCUT2D eigenvalue weighted by atomic mass is 35.5. The summed E-state index contributed by atoms with van der Waals surface area (Å²) < 4.78 is 0. The molecule has 0 aliphatic carbocycles. The molecule has 3 rings (SSSR count). The highest BCUT2D eigenvalue weighted by Gasteiger charge is 2.24. The first-order valence-electron chi connectivity index (χ1n) is 6.06. The maximum atomic E-state index is 6.05. The average molecular weight is 247 g/mol. The van der Waals surface area contributed by atoms with Crippen molar-refractivity contribution in [1.29, 1.82) is 0 Å². The third-order valence-corrected chi connectivity index (χ3v) is 3.85. The highest BCUT2D eigenvalue weighted by Crippen LogP contribution is 2.31. The van der Waals surface area contributed by atoms with Crippen LogP contribution in [0.5, 0.6) is 0 Å². The van der Waals surface area contributed by atoms with E-state index in [9.17, 15) is 0 Å². The van der Waals surface area contributed by atoms with E-state index in [1.54, 1.807) is 0 Å². The number of aromatic nitrogens is 1. The standard InChI is InChI=1S/C14H15ClN2/c15-10-11-4-3-9-17(11)14-7-8-16-13-6-2-1-5-12(13)14/h1-2,5-8,11H,3-4,9-10H2. The fourth-order valence-electron chi connectivity index (χ4n) is 2.64. The van der Waals surface area contributed by atoms with E-state index in [4.69, 9.17) is 11.6 Å². The second-order valence-electron chi connectivity index (χ2n) is 4.49. The van der Waals surface area contributed by atoms with Crippen molar-refractivity contribution in [2.45, 2.75) is 18.9 Å². The number of para-hydroxylation sites is 1. The third kappa shape index (κ3) is 1.87. The molecule has 2 aromatic rings. The molecular formula is C14H15ClN2. The number of nitrogens with zero attached hydrogens (tertiary/aromatic N) is 2. The zero-order valence-electron chi connectivity index (χ0n) is 9.64. The first-order valence-corrected chi connectivity index (χ1v) is 6.60. The number of anilines is 1. The molecule has 88 valence electrons. The molecule has 17 heavy (non-hydrogen) atoms. The van der Waals surface area contributed by atoms with E-state index in [1.165, 1.54) is 23.9 Å². The van der Waals surface area contributed by atoms with Crippen molar-refractivity contribution in [2.24, 2.45) is 0 Å². The van der Waals surface area contributed by atoms with Gasteiger partial charge in [0.15, 0.2) is 0 Å². The number of pyridine rings is 1. The maximum absolute atomic E-state index is 6.05. The summed E-state index contributed by atoms with van der Waals surface area (Å²) in [5.41, 5.74) is 2.34. The number of halogens is 1. The summed E-state index contributed by atoms with van der Waals surface area (Å²) in [7, 11) is 0. The quantitative estimate of drug-likeness (QED) is 0.755. The summed E-state index contributed by atoms with van der Waals surface area (Å²) in [5.74, 6) is 0.705. The molecule has 0 spiro atoms. The van der Waals surface area contributed by atoms with Crippen LogP contribution in [0.25, 0.3) is 10.9 Å². The van der Waals surface area contributed by atoms with Gasteiger partial charge in [-0.3, -0.25) is 4.98 Å². The molecule has 1 aromatic carbocycles. The van der Waals surface area contributed by atoms with Gasteiger partial charge in [0.05, 0.1) is 5.52 Å².